The van der Waals surface area contributed by atoms with Gasteiger partial charge in [0.05, 0.1) is 11.0 Å². The van der Waals surface area contributed by atoms with Gasteiger partial charge in [0.1, 0.15) is 5.82 Å². The number of aromatic amines is 1. The number of aromatic nitrogens is 2. The van der Waals surface area contributed by atoms with E-state index in [-0.39, 0.29) is 11.2 Å². The summed E-state index contributed by atoms with van der Waals surface area (Å²) in [7, 11) is 0. The highest BCUT2D eigenvalue weighted by molar-refractivity contribution is 5.92. The lowest BCUT2D eigenvalue weighted by Crippen LogP contribution is -2.25. The van der Waals surface area contributed by atoms with Crippen LogP contribution >= 0.6 is 0 Å². The second-order valence-electron chi connectivity index (χ2n) is 2.94. The van der Waals surface area contributed by atoms with Crippen molar-refractivity contribution in [2.75, 3.05) is 0 Å². The summed E-state index contributed by atoms with van der Waals surface area (Å²) in [5.41, 5.74) is 4.37. The second-order valence-corrected chi connectivity index (χ2v) is 2.94. The number of carbonyl (C=O) groups is 1. The average molecular weight is 207 g/mol. The zero-order chi connectivity index (χ0) is 11.0. The fourth-order valence-electron chi connectivity index (χ4n) is 1.23. The fraction of sp³-hybridized carbons (Fsp3) is 0. The molecule has 1 heterocycles. The number of primary amides is 1. The van der Waals surface area contributed by atoms with Gasteiger partial charge in [-0.3, -0.25) is 9.59 Å². The van der Waals surface area contributed by atoms with E-state index >= 15 is 0 Å². The van der Waals surface area contributed by atoms with E-state index < -0.39 is 17.3 Å². The van der Waals surface area contributed by atoms with Crippen LogP contribution in [0.15, 0.2) is 23.0 Å². The van der Waals surface area contributed by atoms with Gasteiger partial charge in [0.2, 0.25) is 0 Å². The summed E-state index contributed by atoms with van der Waals surface area (Å²) < 4.78 is 12.8. The topological polar surface area (TPSA) is 88.8 Å². The molecule has 1 aromatic carbocycles. The van der Waals surface area contributed by atoms with Gasteiger partial charge in [-0.1, -0.05) is 0 Å². The zero-order valence-electron chi connectivity index (χ0n) is 7.45. The monoisotopic (exact) mass is 207 g/mol. The quantitative estimate of drug-likeness (QED) is 0.698. The molecule has 2 rings (SSSR count). The van der Waals surface area contributed by atoms with Gasteiger partial charge in [0.25, 0.3) is 11.5 Å². The Morgan fingerprint density at radius 3 is 2.87 bits per heavy atom. The van der Waals surface area contributed by atoms with Crippen LogP contribution in [0, 0.1) is 5.82 Å². The first-order valence-electron chi connectivity index (χ1n) is 4.07. The number of carbonyl (C=O) groups excluding carboxylic acids is 1. The second kappa shape index (κ2) is 3.16. The number of hydrogen-bond donors (Lipinski definition) is 2. The molecule has 0 bridgehead atoms. The van der Waals surface area contributed by atoms with E-state index in [4.69, 9.17) is 5.73 Å². The number of benzene rings is 1. The summed E-state index contributed by atoms with van der Waals surface area (Å²) >= 11 is 0. The maximum absolute atomic E-state index is 12.8. The number of hydrogen-bond acceptors (Lipinski definition) is 3. The molecule has 1 aromatic heterocycles. The van der Waals surface area contributed by atoms with Crippen molar-refractivity contribution in [3.63, 3.8) is 0 Å². The molecule has 6 heteroatoms. The van der Waals surface area contributed by atoms with Gasteiger partial charge in [0.15, 0.2) is 5.69 Å². The van der Waals surface area contributed by atoms with Crippen LogP contribution in [0.4, 0.5) is 4.39 Å². The SMILES string of the molecule is NC(=O)c1nc2ccc(F)cc2[nH]c1=O. The molecule has 0 atom stereocenters. The molecule has 1 amide bonds. The Morgan fingerprint density at radius 2 is 2.20 bits per heavy atom. The van der Waals surface area contributed by atoms with Gasteiger partial charge in [-0.05, 0) is 18.2 Å². The van der Waals surface area contributed by atoms with Crippen molar-refractivity contribution in [1.82, 2.24) is 9.97 Å². The van der Waals surface area contributed by atoms with E-state index in [1.807, 2.05) is 0 Å². The third-order valence-corrected chi connectivity index (χ3v) is 1.89. The molecule has 0 aliphatic heterocycles. The Labute approximate surface area is 82.7 Å². The minimum Gasteiger partial charge on any atom is -0.364 e. The Balaban J connectivity index is 2.82. The van der Waals surface area contributed by atoms with Crippen LogP contribution in [-0.4, -0.2) is 15.9 Å². The Kier molecular flexibility index (Phi) is 1.96. The summed E-state index contributed by atoms with van der Waals surface area (Å²) in [6.45, 7) is 0. The number of H-pyrrole nitrogens is 1. The van der Waals surface area contributed by atoms with Crippen LogP contribution in [-0.2, 0) is 0 Å². The number of rotatable bonds is 1. The Morgan fingerprint density at radius 1 is 1.47 bits per heavy atom. The molecular weight excluding hydrogens is 201 g/mol. The lowest BCUT2D eigenvalue weighted by molar-refractivity contribution is 0.0994. The molecule has 0 aliphatic rings. The van der Waals surface area contributed by atoms with E-state index in [0.29, 0.717) is 5.52 Å². The molecule has 0 aliphatic carbocycles. The van der Waals surface area contributed by atoms with Crippen molar-refractivity contribution in [3.05, 3.63) is 40.1 Å². The number of halogens is 1. The molecule has 5 nitrogen and oxygen atoms in total. The van der Waals surface area contributed by atoms with Crippen molar-refractivity contribution >= 4 is 16.9 Å². The van der Waals surface area contributed by atoms with Gasteiger partial charge in [-0.2, -0.15) is 0 Å². The van der Waals surface area contributed by atoms with E-state index in [2.05, 4.69) is 9.97 Å². The van der Waals surface area contributed by atoms with E-state index in [1.54, 1.807) is 0 Å². The Hall–Kier alpha value is -2.24. The summed E-state index contributed by atoms with van der Waals surface area (Å²) in [5.74, 6) is -1.41. The highest BCUT2D eigenvalue weighted by Gasteiger charge is 2.09. The van der Waals surface area contributed by atoms with Crippen LogP contribution in [0.1, 0.15) is 10.5 Å². The van der Waals surface area contributed by atoms with E-state index in [9.17, 15) is 14.0 Å². The van der Waals surface area contributed by atoms with E-state index in [0.717, 1.165) is 6.07 Å². The number of nitrogens with one attached hydrogen (secondary N) is 1. The van der Waals surface area contributed by atoms with Crippen molar-refractivity contribution < 1.29 is 9.18 Å². The summed E-state index contributed by atoms with van der Waals surface area (Å²) in [5, 5.41) is 0. The van der Waals surface area contributed by atoms with Crippen molar-refractivity contribution in [3.8, 4) is 0 Å². The minimum absolute atomic E-state index is 0.227. The van der Waals surface area contributed by atoms with E-state index in [1.165, 1.54) is 12.1 Å². The normalized spacial score (nSPS) is 10.5. The number of nitrogens with two attached hydrogens (primary N) is 1. The van der Waals surface area contributed by atoms with Crippen LogP contribution in [0.5, 0.6) is 0 Å². The summed E-state index contributed by atoms with van der Waals surface area (Å²) in [6, 6.07) is 3.65. The van der Waals surface area contributed by atoms with Gasteiger partial charge >= 0.3 is 0 Å². The predicted octanol–water partition coefficient (Wildman–Crippen LogP) is 0.161. The molecular formula is C9H6FN3O2. The smallest absolute Gasteiger partial charge is 0.280 e. The van der Waals surface area contributed by atoms with Crippen molar-refractivity contribution in [2.24, 2.45) is 5.73 Å². The molecule has 0 unspecified atom stereocenters. The van der Waals surface area contributed by atoms with Crippen LogP contribution < -0.4 is 11.3 Å². The van der Waals surface area contributed by atoms with Gasteiger partial charge < -0.3 is 10.7 Å². The molecule has 0 radical (unpaired) electrons. The largest absolute Gasteiger partial charge is 0.364 e. The molecule has 76 valence electrons. The van der Waals surface area contributed by atoms with Crippen LogP contribution in [0.2, 0.25) is 0 Å². The standard InChI is InChI=1S/C9H6FN3O2/c10-4-1-2-5-6(3-4)13-9(15)7(12-5)8(11)14/h1-3H,(H2,11,14)(H,13,15). The first kappa shape index (κ1) is 9.32. The maximum atomic E-state index is 12.8. The Bertz CT molecular complexity index is 606. The minimum atomic E-state index is -0.914. The molecule has 0 fully saturated rings. The highest BCUT2D eigenvalue weighted by atomic mass is 19.1. The summed E-state index contributed by atoms with van der Waals surface area (Å²) in [4.78, 5) is 28.1. The van der Waals surface area contributed by atoms with Crippen LogP contribution in [0.3, 0.4) is 0 Å². The van der Waals surface area contributed by atoms with Crippen molar-refractivity contribution in [2.45, 2.75) is 0 Å². The molecule has 0 saturated heterocycles. The lowest BCUT2D eigenvalue weighted by Gasteiger charge is -1.98. The average Bonchev–Trinajstić information content (AvgIpc) is 2.15. The molecule has 0 saturated carbocycles. The zero-order valence-corrected chi connectivity index (χ0v) is 7.45. The molecule has 3 N–H and O–H groups in total. The fourth-order valence-corrected chi connectivity index (χ4v) is 1.23. The third-order valence-electron chi connectivity index (χ3n) is 1.89. The van der Waals surface area contributed by atoms with Gasteiger partial charge in [-0.25, -0.2) is 9.37 Å². The molecule has 2 aromatic rings. The molecule has 0 spiro atoms. The van der Waals surface area contributed by atoms with Crippen LogP contribution in [0.25, 0.3) is 11.0 Å². The third kappa shape index (κ3) is 1.56. The van der Waals surface area contributed by atoms with Gasteiger partial charge in [-0.15, -0.1) is 0 Å². The first-order valence-corrected chi connectivity index (χ1v) is 4.07. The first-order chi connectivity index (χ1) is 7.08. The highest BCUT2D eigenvalue weighted by Crippen LogP contribution is 2.08. The van der Waals surface area contributed by atoms with Crippen molar-refractivity contribution in [1.29, 1.82) is 0 Å². The number of amides is 1. The summed E-state index contributed by atoms with van der Waals surface area (Å²) in [6.07, 6.45) is 0. The number of fused-ring (bicyclic) bond motifs is 1. The number of nitrogens with zero attached hydrogens (tertiary/aromatic N) is 1. The predicted molar refractivity (Wildman–Crippen MR) is 50.8 cm³/mol. The lowest BCUT2D eigenvalue weighted by atomic mass is 10.3. The van der Waals surface area contributed by atoms with Gasteiger partial charge in [0, 0.05) is 0 Å². The molecule has 15 heavy (non-hydrogen) atoms. The maximum Gasteiger partial charge on any atom is 0.280 e.